The van der Waals surface area contributed by atoms with Crippen LogP contribution in [0.25, 0.3) is 10.8 Å². The van der Waals surface area contributed by atoms with Gasteiger partial charge in [0.05, 0.1) is 19.0 Å². The van der Waals surface area contributed by atoms with Crippen molar-refractivity contribution in [3.8, 4) is 0 Å². The van der Waals surface area contributed by atoms with Gasteiger partial charge in [-0.15, -0.1) is 0 Å². The van der Waals surface area contributed by atoms with Gasteiger partial charge in [-0.3, -0.25) is 0 Å². The fourth-order valence-corrected chi connectivity index (χ4v) is 7.22. The molecule has 0 saturated heterocycles. The van der Waals surface area contributed by atoms with Crippen LogP contribution >= 0.6 is 0 Å². The maximum atomic E-state index is 2.30. The number of rotatable bonds is 8. The zero-order chi connectivity index (χ0) is 19.0. The molecule has 0 aliphatic rings. The molecule has 4 rings (SSSR count). The second-order valence-corrected chi connectivity index (χ2v) is 10.8. The Bertz CT molecular complexity index is 950. The third-order valence-corrected chi connectivity index (χ3v) is 8.52. The summed E-state index contributed by atoms with van der Waals surface area (Å²) in [7, 11) is 1.76. The molecule has 0 heterocycles. The highest BCUT2D eigenvalue weighted by molar-refractivity contribution is 6.73. The summed E-state index contributed by atoms with van der Waals surface area (Å²) in [4.78, 5) is 0. The van der Waals surface area contributed by atoms with Gasteiger partial charge in [0.25, 0.3) is 0 Å². The van der Waals surface area contributed by atoms with E-state index in [2.05, 4.69) is 103 Å². The fourth-order valence-electron chi connectivity index (χ4n) is 3.66. The quantitative estimate of drug-likeness (QED) is 0.372. The van der Waals surface area contributed by atoms with E-state index in [1.54, 1.807) is 0 Å². The van der Waals surface area contributed by atoms with Gasteiger partial charge in [-0.25, -0.2) is 0 Å². The Morgan fingerprint density at radius 2 is 1.14 bits per heavy atom. The van der Waals surface area contributed by atoms with Crippen molar-refractivity contribution in [2.45, 2.75) is 24.4 Å². The number of aryl methyl sites for hydroxylation is 1. The van der Waals surface area contributed by atoms with Crippen LogP contribution in [0.4, 0.5) is 0 Å². The van der Waals surface area contributed by atoms with Gasteiger partial charge in [0.15, 0.2) is 0 Å². The number of benzene rings is 4. The largest absolute Gasteiger partial charge is 0.0811 e. The van der Waals surface area contributed by atoms with Crippen molar-refractivity contribution in [3.05, 3.63) is 109 Å². The van der Waals surface area contributed by atoms with Crippen molar-refractivity contribution < 1.29 is 0 Å². The van der Waals surface area contributed by atoms with Crippen molar-refractivity contribution in [2.24, 2.45) is 0 Å². The number of hydrogen-bond acceptors (Lipinski definition) is 0. The predicted molar refractivity (Wildman–Crippen MR) is 124 cm³/mol. The van der Waals surface area contributed by atoms with Gasteiger partial charge in [0.1, 0.15) is 0 Å². The average molecular weight is 393 g/mol. The fraction of sp³-hybridized carbons (Fsp3) is 0.154. The lowest BCUT2D eigenvalue weighted by atomic mass is 10.0. The van der Waals surface area contributed by atoms with Crippen molar-refractivity contribution in [2.75, 3.05) is 0 Å². The first-order chi connectivity index (χ1) is 13.9. The van der Waals surface area contributed by atoms with Crippen LogP contribution in [0.3, 0.4) is 0 Å². The highest BCUT2D eigenvalue weighted by Gasteiger charge is 2.13. The van der Waals surface area contributed by atoms with Gasteiger partial charge in [-0.2, -0.15) is 0 Å². The molecule has 0 aliphatic carbocycles. The van der Waals surface area contributed by atoms with Crippen LogP contribution in [0.15, 0.2) is 103 Å². The third-order valence-electron chi connectivity index (χ3n) is 5.05. The van der Waals surface area contributed by atoms with E-state index in [4.69, 9.17) is 0 Å². The second kappa shape index (κ2) is 9.67. The molecular weight excluding hydrogens is 368 g/mol. The van der Waals surface area contributed by atoms with Crippen LogP contribution in [-0.4, -0.2) is 19.0 Å². The molecule has 0 amide bonds. The minimum absolute atomic E-state index is 0.736. The van der Waals surface area contributed by atoms with Gasteiger partial charge in [-0.1, -0.05) is 120 Å². The van der Waals surface area contributed by atoms with Gasteiger partial charge in [0, 0.05) is 0 Å². The zero-order valence-electron chi connectivity index (χ0n) is 16.0. The van der Waals surface area contributed by atoms with Crippen LogP contribution in [0.1, 0.15) is 18.4 Å². The molecule has 0 nitrogen and oxygen atoms in total. The molecule has 4 aromatic rings. The summed E-state index contributed by atoms with van der Waals surface area (Å²) < 4.78 is 0. The summed E-state index contributed by atoms with van der Waals surface area (Å²) in [5.41, 5.74) is 1.49. The van der Waals surface area contributed by atoms with Crippen molar-refractivity contribution in [3.63, 3.8) is 0 Å². The molecule has 0 fully saturated rings. The van der Waals surface area contributed by atoms with Gasteiger partial charge < -0.3 is 0 Å². The molecule has 4 aromatic carbocycles. The Labute approximate surface area is 173 Å². The van der Waals surface area contributed by atoms with Gasteiger partial charge in [0.2, 0.25) is 0 Å². The molecule has 28 heavy (non-hydrogen) atoms. The molecule has 0 atom stereocenters. The van der Waals surface area contributed by atoms with Crippen LogP contribution < -0.4 is 10.4 Å². The minimum atomic E-state index is 0.736. The minimum Gasteiger partial charge on any atom is -0.0642 e. The van der Waals surface area contributed by atoms with E-state index in [1.807, 2.05) is 0 Å². The van der Waals surface area contributed by atoms with Crippen LogP contribution in [0.5, 0.6) is 0 Å². The van der Waals surface area contributed by atoms with E-state index in [9.17, 15) is 0 Å². The molecule has 0 unspecified atom stereocenters. The monoisotopic (exact) mass is 392 g/mol. The predicted octanol–water partition coefficient (Wildman–Crippen LogP) is 4.97. The van der Waals surface area contributed by atoms with Crippen LogP contribution in [0.2, 0.25) is 5.16 Å². The Morgan fingerprint density at radius 3 is 1.82 bits per heavy atom. The zero-order valence-corrected chi connectivity index (χ0v) is 18.0. The average Bonchev–Trinajstić information content (AvgIpc) is 2.75. The molecular formula is C26H24Si2. The van der Waals surface area contributed by atoms with Gasteiger partial charge in [-0.05, 0) is 34.3 Å². The summed E-state index contributed by atoms with van der Waals surface area (Å²) >= 11 is 0. The molecule has 2 heteroatoms. The molecule has 0 aromatic heterocycles. The number of hydrogen-bond donors (Lipinski definition) is 0. The first-order valence-electron chi connectivity index (χ1n) is 9.98. The van der Waals surface area contributed by atoms with E-state index in [-0.39, 0.29) is 0 Å². The molecule has 136 valence electrons. The Hall–Kier alpha value is -2.43. The van der Waals surface area contributed by atoms with Crippen LogP contribution in [-0.2, 0) is 6.42 Å². The maximum absolute atomic E-state index is 2.30. The summed E-state index contributed by atoms with van der Waals surface area (Å²) in [6, 6.07) is 37.5. The van der Waals surface area contributed by atoms with E-state index < -0.39 is 0 Å². The van der Waals surface area contributed by atoms with E-state index in [0.29, 0.717) is 0 Å². The van der Waals surface area contributed by atoms with E-state index in [1.165, 1.54) is 39.6 Å². The van der Waals surface area contributed by atoms with E-state index >= 15 is 0 Å². The van der Waals surface area contributed by atoms with Crippen LogP contribution in [0, 0.1) is 0 Å². The highest BCUT2D eigenvalue weighted by Crippen LogP contribution is 2.21. The van der Waals surface area contributed by atoms with Crippen molar-refractivity contribution in [1.29, 1.82) is 0 Å². The summed E-state index contributed by atoms with van der Waals surface area (Å²) in [6.45, 7) is 0. The molecule has 0 saturated carbocycles. The standard InChI is InChI=1S/C26H24Si2/c1-3-15-23(16-4-1)27-26(28-24-17-5-2-6-18-24)20-10-14-22-13-9-12-21-11-7-8-19-25(21)22/h1-9,11-13,15-19,26H,10,14,20H2. The Balaban J connectivity index is 1.44. The lowest BCUT2D eigenvalue weighted by molar-refractivity contribution is 0.772. The third kappa shape index (κ3) is 5.09. The SMILES string of the molecule is c1ccc([Si]C(CCCc2cccc3ccccc23)[Si]c2ccccc2)cc1. The normalized spacial score (nSPS) is 11.2. The molecule has 4 radical (unpaired) electrons. The molecule has 0 N–H and O–H groups in total. The summed E-state index contributed by atoms with van der Waals surface area (Å²) in [6.07, 6.45) is 3.69. The first kappa shape index (κ1) is 18.9. The lowest BCUT2D eigenvalue weighted by Gasteiger charge is -2.16. The smallest absolute Gasteiger partial charge is 0.0642 e. The Morgan fingerprint density at radius 1 is 0.571 bits per heavy atom. The number of fused-ring (bicyclic) bond motifs is 1. The van der Waals surface area contributed by atoms with E-state index in [0.717, 1.165) is 30.6 Å². The van der Waals surface area contributed by atoms with Crippen molar-refractivity contribution in [1.82, 2.24) is 0 Å². The topological polar surface area (TPSA) is 0 Å². The second-order valence-electron chi connectivity index (χ2n) is 7.10. The Kier molecular flexibility index (Phi) is 6.53. The highest BCUT2D eigenvalue weighted by atomic mass is 28.3. The maximum Gasteiger partial charge on any atom is 0.0811 e. The molecule has 0 spiro atoms. The lowest BCUT2D eigenvalue weighted by Crippen LogP contribution is -2.29. The summed E-state index contributed by atoms with van der Waals surface area (Å²) in [5.74, 6) is 0. The summed E-state index contributed by atoms with van der Waals surface area (Å²) in [5, 5.41) is 6.48. The molecule has 0 bridgehead atoms. The van der Waals surface area contributed by atoms with Gasteiger partial charge >= 0.3 is 0 Å². The van der Waals surface area contributed by atoms with Crippen molar-refractivity contribution >= 4 is 40.2 Å². The first-order valence-corrected chi connectivity index (χ1v) is 12.1. The molecule has 0 aliphatic heterocycles.